The van der Waals surface area contributed by atoms with Crippen LogP contribution in [-0.2, 0) is 4.79 Å². The lowest BCUT2D eigenvalue weighted by molar-refractivity contribution is -0.131. The van der Waals surface area contributed by atoms with Crippen molar-refractivity contribution in [3.8, 4) is 6.07 Å². The highest BCUT2D eigenvalue weighted by atomic mass is 32.2. The van der Waals surface area contributed by atoms with Crippen molar-refractivity contribution in [1.29, 1.82) is 5.26 Å². The second-order valence-electron chi connectivity index (χ2n) is 5.65. The molecule has 8 heteroatoms. The van der Waals surface area contributed by atoms with Crippen molar-refractivity contribution >= 4 is 28.6 Å². The number of anilines is 1. The Morgan fingerprint density at radius 1 is 1.25 bits per heavy atom. The normalized spacial score (nSPS) is 18.0. The van der Waals surface area contributed by atoms with E-state index in [-0.39, 0.29) is 23.3 Å². The van der Waals surface area contributed by atoms with E-state index in [1.165, 1.54) is 17.8 Å². The summed E-state index contributed by atoms with van der Waals surface area (Å²) in [5.74, 6) is 0.139. The summed E-state index contributed by atoms with van der Waals surface area (Å²) in [5, 5.41) is 9.09. The minimum absolute atomic E-state index is 0.0389. The Balaban J connectivity index is 1.60. The number of amides is 2. The van der Waals surface area contributed by atoms with Crippen molar-refractivity contribution in [3.05, 3.63) is 29.6 Å². The molecular weight excluding hydrogens is 331 g/mol. The van der Waals surface area contributed by atoms with Crippen LogP contribution in [0.3, 0.4) is 0 Å². The van der Waals surface area contributed by atoms with Crippen molar-refractivity contribution in [2.75, 3.05) is 49.9 Å². The SMILES string of the molecule is N#Cc1c(F)cccc1N1CCN(C(=O)CN2CCSC2=O)CC1. The Labute approximate surface area is 143 Å². The molecule has 126 valence electrons. The van der Waals surface area contributed by atoms with Gasteiger partial charge < -0.3 is 14.7 Å². The van der Waals surface area contributed by atoms with Gasteiger partial charge in [-0.05, 0) is 12.1 Å². The summed E-state index contributed by atoms with van der Waals surface area (Å²) in [6.45, 7) is 2.79. The summed E-state index contributed by atoms with van der Waals surface area (Å²) in [7, 11) is 0. The van der Waals surface area contributed by atoms with E-state index < -0.39 is 5.82 Å². The van der Waals surface area contributed by atoms with Crippen LogP contribution in [0.2, 0.25) is 0 Å². The average Bonchev–Trinajstić information content (AvgIpc) is 2.99. The maximum Gasteiger partial charge on any atom is 0.282 e. The number of thioether (sulfide) groups is 1. The number of rotatable bonds is 3. The minimum atomic E-state index is -0.529. The second kappa shape index (κ2) is 7.09. The van der Waals surface area contributed by atoms with Crippen LogP contribution in [-0.4, -0.2) is 66.0 Å². The zero-order chi connectivity index (χ0) is 17.1. The molecule has 0 radical (unpaired) electrons. The molecule has 0 saturated carbocycles. The van der Waals surface area contributed by atoms with Gasteiger partial charge in [0.05, 0.1) is 5.69 Å². The zero-order valence-corrected chi connectivity index (χ0v) is 13.9. The first-order chi connectivity index (χ1) is 11.6. The van der Waals surface area contributed by atoms with Gasteiger partial charge in [0.1, 0.15) is 24.0 Å². The molecule has 0 bridgehead atoms. The minimum Gasteiger partial charge on any atom is -0.367 e. The quantitative estimate of drug-likeness (QED) is 0.828. The predicted octanol–water partition coefficient (Wildman–Crippen LogP) is 1.51. The van der Waals surface area contributed by atoms with Gasteiger partial charge in [0.15, 0.2) is 0 Å². The predicted molar refractivity (Wildman–Crippen MR) is 89.3 cm³/mol. The van der Waals surface area contributed by atoms with Gasteiger partial charge in [-0.2, -0.15) is 5.26 Å². The Morgan fingerprint density at radius 3 is 2.62 bits per heavy atom. The van der Waals surface area contributed by atoms with Gasteiger partial charge in [0.25, 0.3) is 5.24 Å². The van der Waals surface area contributed by atoms with Crippen molar-refractivity contribution in [2.45, 2.75) is 0 Å². The third-order valence-corrected chi connectivity index (χ3v) is 5.14. The van der Waals surface area contributed by atoms with Crippen molar-refractivity contribution in [1.82, 2.24) is 9.80 Å². The highest BCUT2D eigenvalue weighted by Gasteiger charge is 2.28. The highest BCUT2D eigenvalue weighted by molar-refractivity contribution is 8.13. The van der Waals surface area contributed by atoms with Gasteiger partial charge >= 0.3 is 0 Å². The molecule has 2 fully saturated rings. The van der Waals surface area contributed by atoms with E-state index in [9.17, 15) is 14.0 Å². The van der Waals surface area contributed by atoms with E-state index in [0.717, 1.165) is 5.75 Å². The van der Waals surface area contributed by atoms with Gasteiger partial charge in [0.2, 0.25) is 5.91 Å². The molecule has 0 N–H and O–H groups in total. The van der Waals surface area contributed by atoms with E-state index in [0.29, 0.717) is 38.4 Å². The van der Waals surface area contributed by atoms with Crippen molar-refractivity contribution < 1.29 is 14.0 Å². The van der Waals surface area contributed by atoms with Gasteiger partial charge in [-0.1, -0.05) is 17.8 Å². The molecule has 0 aliphatic carbocycles. The Hall–Kier alpha value is -2.27. The monoisotopic (exact) mass is 348 g/mol. The van der Waals surface area contributed by atoms with E-state index in [1.807, 2.05) is 11.0 Å². The highest BCUT2D eigenvalue weighted by Crippen LogP contribution is 2.24. The molecule has 0 aromatic heterocycles. The molecule has 2 amide bonds. The molecule has 24 heavy (non-hydrogen) atoms. The third kappa shape index (κ3) is 3.31. The van der Waals surface area contributed by atoms with Crippen LogP contribution >= 0.6 is 11.8 Å². The van der Waals surface area contributed by atoms with E-state index in [4.69, 9.17) is 5.26 Å². The van der Waals surface area contributed by atoms with Gasteiger partial charge in [-0.3, -0.25) is 9.59 Å². The molecule has 0 atom stereocenters. The summed E-state index contributed by atoms with van der Waals surface area (Å²) in [4.78, 5) is 29.1. The van der Waals surface area contributed by atoms with E-state index in [2.05, 4.69) is 0 Å². The van der Waals surface area contributed by atoms with Gasteiger partial charge in [0, 0.05) is 38.5 Å². The van der Waals surface area contributed by atoms with Crippen LogP contribution in [0.5, 0.6) is 0 Å². The lowest BCUT2D eigenvalue weighted by Crippen LogP contribution is -2.51. The Kier molecular flexibility index (Phi) is 4.90. The summed E-state index contributed by atoms with van der Waals surface area (Å²) >= 11 is 1.24. The number of piperazine rings is 1. The number of carbonyl (C=O) groups is 2. The van der Waals surface area contributed by atoms with Gasteiger partial charge in [-0.15, -0.1) is 0 Å². The van der Waals surface area contributed by atoms with E-state index in [1.54, 1.807) is 21.9 Å². The van der Waals surface area contributed by atoms with Crippen molar-refractivity contribution in [3.63, 3.8) is 0 Å². The van der Waals surface area contributed by atoms with E-state index >= 15 is 0 Å². The first-order valence-corrected chi connectivity index (χ1v) is 8.71. The standard InChI is InChI=1S/C16H17FN4O2S/c17-13-2-1-3-14(12(13)10-18)19-4-6-20(7-5-19)15(22)11-21-8-9-24-16(21)23/h1-3H,4-9,11H2. The van der Waals surface area contributed by atoms with Crippen LogP contribution in [0.1, 0.15) is 5.56 Å². The Bertz CT molecular complexity index is 698. The number of benzene rings is 1. The third-order valence-electron chi connectivity index (χ3n) is 4.25. The number of nitrogens with zero attached hydrogens (tertiary/aromatic N) is 4. The fourth-order valence-corrected chi connectivity index (χ4v) is 3.74. The maximum absolute atomic E-state index is 13.7. The van der Waals surface area contributed by atoms with Crippen LogP contribution in [0.25, 0.3) is 0 Å². The lowest BCUT2D eigenvalue weighted by atomic mass is 10.1. The number of hydrogen-bond donors (Lipinski definition) is 0. The molecule has 1 aromatic carbocycles. The molecule has 2 aliphatic rings. The molecule has 6 nitrogen and oxygen atoms in total. The molecule has 0 unspecified atom stereocenters. The molecule has 2 heterocycles. The maximum atomic E-state index is 13.7. The first-order valence-electron chi connectivity index (χ1n) is 7.73. The topological polar surface area (TPSA) is 67.7 Å². The fraction of sp³-hybridized carbons (Fsp3) is 0.438. The summed E-state index contributed by atoms with van der Waals surface area (Å²) in [6, 6.07) is 6.48. The van der Waals surface area contributed by atoms with Crippen molar-refractivity contribution in [2.24, 2.45) is 0 Å². The van der Waals surface area contributed by atoms with Crippen LogP contribution in [0, 0.1) is 17.1 Å². The largest absolute Gasteiger partial charge is 0.367 e. The number of hydrogen-bond acceptors (Lipinski definition) is 5. The molecular formula is C16H17FN4O2S. The molecule has 1 aromatic rings. The average molecular weight is 348 g/mol. The summed E-state index contributed by atoms with van der Waals surface area (Å²) < 4.78 is 13.7. The van der Waals surface area contributed by atoms with Crippen LogP contribution in [0.15, 0.2) is 18.2 Å². The van der Waals surface area contributed by atoms with Crippen LogP contribution < -0.4 is 4.90 Å². The zero-order valence-electron chi connectivity index (χ0n) is 13.1. The van der Waals surface area contributed by atoms with Crippen LogP contribution in [0.4, 0.5) is 14.9 Å². The number of nitriles is 1. The fourth-order valence-electron chi connectivity index (χ4n) is 2.92. The first kappa shape index (κ1) is 16.6. The number of halogens is 1. The molecule has 2 aliphatic heterocycles. The van der Waals surface area contributed by atoms with Gasteiger partial charge in [-0.25, -0.2) is 4.39 Å². The molecule has 2 saturated heterocycles. The summed E-state index contributed by atoms with van der Waals surface area (Å²) in [6.07, 6.45) is 0. The Morgan fingerprint density at radius 2 is 2.00 bits per heavy atom. The smallest absolute Gasteiger partial charge is 0.282 e. The number of carbonyl (C=O) groups excluding carboxylic acids is 2. The second-order valence-corrected chi connectivity index (χ2v) is 6.70. The summed E-state index contributed by atoms with van der Waals surface area (Å²) in [5.41, 5.74) is 0.604. The molecule has 3 rings (SSSR count). The lowest BCUT2D eigenvalue weighted by Gasteiger charge is -2.37. The molecule has 0 spiro atoms.